The predicted octanol–water partition coefficient (Wildman–Crippen LogP) is 1.57. The van der Waals surface area contributed by atoms with Crippen LogP contribution in [-0.4, -0.2) is 65.3 Å². The Morgan fingerprint density at radius 2 is 1.21 bits per heavy atom. The van der Waals surface area contributed by atoms with Crippen molar-refractivity contribution < 1.29 is 38.2 Å². The van der Waals surface area contributed by atoms with E-state index in [0.29, 0.717) is 0 Å². The second-order valence-electron chi connectivity index (χ2n) is 10.7. The van der Waals surface area contributed by atoms with Crippen LogP contribution in [0.1, 0.15) is 75.7 Å². The van der Waals surface area contributed by atoms with Gasteiger partial charge in [0, 0.05) is 0 Å². The second-order valence-corrected chi connectivity index (χ2v) is 10.7. The number of amides is 3. The maximum Gasteiger partial charge on any atom is 0.408 e. The summed E-state index contributed by atoms with van der Waals surface area (Å²) in [6.45, 7) is 15.6. The lowest BCUT2D eigenvalue weighted by Gasteiger charge is -2.32. The van der Waals surface area contributed by atoms with E-state index in [1.807, 2.05) is 0 Å². The zero-order valence-electron chi connectivity index (χ0n) is 21.6. The minimum Gasteiger partial charge on any atom is -0.467 e. The molecule has 0 heterocycles. The fourth-order valence-electron chi connectivity index (χ4n) is 2.41. The van der Waals surface area contributed by atoms with Crippen molar-refractivity contribution in [2.24, 2.45) is 0 Å². The van der Waals surface area contributed by atoms with Gasteiger partial charge in [-0.2, -0.15) is 0 Å². The molecule has 0 aromatic carbocycles. The second kappa shape index (κ2) is 10.8. The van der Waals surface area contributed by atoms with Crippen LogP contribution >= 0.6 is 0 Å². The molecule has 0 spiro atoms. The van der Waals surface area contributed by atoms with Crippen molar-refractivity contribution in [3.63, 3.8) is 0 Å². The van der Waals surface area contributed by atoms with E-state index in [0.717, 1.165) is 0 Å². The fraction of sp³-hybridized carbons (Fsp3) is 0.773. The van der Waals surface area contributed by atoms with Crippen molar-refractivity contribution in [3.05, 3.63) is 0 Å². The van der Waals surface area contributed by atoms with Crippen LogP contribution in [0.3, 0.4) is 0 Å². The molecule has 190 valence electrons. The monoisotopic (exact) mass is 473 g/mol. The van der Waals surface area contributed by atoms with Crippen molar-refractivity contribution >= 4 is 29.8 Å². The van der Waals surface area contributed by atoms with Crippen LogP contribution in [0.15, 0.2) is 0 Å². The zero-order valence-corrected chi connectivity index (χ0v) is 21.6. The van der Waals surface area contributed by atoms with Gasteiger partial charge in [0.25, 0.3) is 0 Å². The summed E-state index contributed by atoms with van der Waals surface area (Å²) in [5, 5.41) is 7.34. The van der Waals surface area contributed by atoms with E-state index in [2.05, 4.69) is 20.7 Å². The number of hydrogen-bond acceptors (Lipinski definition) is 8. The third kappa shape index (κ3) is 11.5. The Hall–Kier alpha value is -2.85. The first kappa shape index (κ1) is 30.1. The van der Waals surface area contributed by atoms with Crippen LogP contribution in [0.2, 0.25) is 0 Å². The number of rotatable bonds is 8. The van der Waals surface area contributed by atoms with E-state index in [1.165, 1.54) is 34.8 Å². The van der Waals surface area contributed by atoms with Gasteiger partial charge in [0.2, 0.25) is 11.8 Å². The van der Waals surface area contributed by atoms with Crippen LogP contribution in [0.25, 0.3) is 0 Å². The number of methoxy groups -OCH3 is 1. The molecule has 0 fully saturated rings. The Balaban J connectivity index is 5.58. The lowest BCUT2D eigenvalue weighted by molar-refractivity contribution is -0.156. The normalized spacial score (nSPS) is 13.3. The lowest BCUT2D eigenvalue weighted by Crippen LogP contribution is -2.63. The van der Waals surface area contributed by atoms with Crippen LogP contribution in [0.4, 0.5) is 4.79 Å². The maximum absolute atomic E-state index is 13.0. The number of esters is 2. The summed E-state index contributed by atoms with van der Waals surface area (Å²) in [4.78, 5) is 62.1. The van der Waals surface area contributed by atoms with Crippen LogP contribution < -0.4 is 16.0 Å². The largest absolute Gasteiger partial charge is 0.467 e. The van der Waals surface area contributed by atoms with E-state index in [4.69, 9.17) is 9.47 Å². The smallest absolute Gasteiger partial charge is 0.408 e. The van der Waals surface area contributed by atoms with Gasteiger partial charge in [-0.25, -0.2) is 9.59 Å². The molecule has 0 bridgehead atoms. The summed E-state index contributed by atoms with van der Waals surface area (Å²) in [6, 6.07) is -1.38. The summed E-state index contributed by atoms with van der Waals surface area (Å²) < 4.78 is 15.1. The topological polar surface area (TPSA) is 149 Å². The zero-order chi connectivity index (χ0) is 26.4. The van der Waals surface area contributed by atoms with E-state index in [9.17, 15) is 24.0 Å². The Morgan fingerprint density at radius 1 is 0.727 bits per heavy atom. The van der Waals surface area contributed by atoms with Gasteiger partial charge in [0.05, 0.1) is 13.5 Å². The van der Waals surface area contributed by atoms with E-state index in [1.54, 1.807) is 41.5 Å². The van der Waals surface area contributed by atoms with Crippen molar-refractivity contribution in [2.45, 2.75) is 104 Å². The molecule has 0 aliphatic carbocycles. The van der Waals surface area contributed by atoms with Crippen LogP contribution in [0, 0.1) is 0 Å². The maximum atomic E-state index is 13.0. The summed E-state index contributed by atoms with van der Waals surface area (Å²) in [5.41, 5.74) is -4.50. The van der Waals surface area contributed by atoms with Gasteiger partial charge in [0.1, 0.15) is 28.3 Å². The highest BCUT2D eigenvalue weighted by atomic mass is 16.6. The molecule has 11 nitrogen and oxygen atoms in total. The molecule has 0 aromatic rings. The molecule has 33 heavy (non-hydrogen) atoms. The fourth-order valence-corrected chi connectivity index (χ4v) is 2.41. The van der Waals surface area contributed by atoms with Crippen LogP contribution in [-0.2, 0) is 33.4 Å². The Kier molecular flexibility index (Phi) is 9.91. The third-order valence-corrected chi connectivity index (χ3v) is 3.92. The molecule has 0 aliphatic rings. The summed E-state index contributed by atoms with van der Waals surface area (Å²) >= 11 is 0. The molecule has 0 saturated heterocycles. The number of carbonyl (C=O) groups is 5. The van der Waals surface area contributed by atoms with E-state index in [-0.39, 0.29) is 0 Å². The molecular formula is C22H39N3O8. The third-order valence-electron chi connectivity index (χ3n) is 3.92. The highest BCUT2D eigenvalue weighted by Gasteiger charge is 2.39. The minimum absolute atomic E-state index is 0.492. The molecule has 3 amide bonds. The average molecular weight is 474 g/mol. The average Bonchev–Trinajstić information content (AvgIpc) is 2.56. The molecule has 0 rings (SSSR count). The number of carbonyl (C=O) groups excluding carboxylic acids is 5. The first-order valence-corrected chi connectivity index (χ1v) is 10.5. The van der Waals surface area contributed by atoms with Gasteiger partial charge in [-0.15, -0.1) is 0 Å². The Labute approximate surface area is 195 Å². The first-order chi connectivity index (χ1) is 14.6. The first-order valence-electron chi connectivity index (χ1n) is 10.5. The van der Waals surface area contributed by atoms with Gasteiger partial charge >= 0.3 is 18.0 Å². The lowest BCUT2D eigenvalue weighted by atomic mass is 9.99. The molecule has 0 unspecified atom stereocenters. The number of alkyl carbamates (subject to hydrolysis) is 1. The van der Waals surface area contributed by atoms with Gasteiger partial charge in [-0.3, -0.25) is 14.4 Å². The van der Waals surface area contributed by atoms with E-state index >= 15 is 0 Å². The molecule has 0 saturated carbocycles. The number of ether oxygens (including phenoxy) is 3. The predicted molar refractivity (Wildman–Crippen MR) is 120 cm³/mol. The van der Waals surface area contributed by atoms with Crippen molar-refractivity contribution in [1.29, 1.82) is 0 Å². The molecule has 3 N–H and O–H groups in total. The molecule has 11 heteroatoms. The quantitative estimate of drug-likeness (QED) is 0.355. The van der Waals surface area contributed by atoms with Crippen molar-refractivity contribution in [1.82, 2.24) is 16.0 Å². The van der Waals surface area contributed by atoms with Gasteiger partial charge < -0.3 is 30.2 Å². The van der Waals surface area contributed by atoms with Gasteiger partial charge in [-0.05, 0) is 69.2 Å². The molecule has 1 atom stereocenters. The Morgan fingerprint density at radius 3 is 1.64 bits per heavy atom. The summed E-state index contributed by atoms with van der Waals surface area (Å²) in [5.74, 6) is -2.90. The minimum atomic E-state index is -1.51. The Bertz CT molecular complexity index is 731. The van der Waals surface area contributed by atoms with Crippen molar-refractivity contribution in [2.75, 3.05) is 7.11 Å². The SMILES string of the molecule is COC(=O)C(C)(C)NC(=O)C(C)(C)NC(=O)[C@H](CC(=O)OC(C)(C)C)NC(=O)OC(C)(C)C. The standard InChI is InChI=1S/C22H39N3O8/c1-19(2,3)32-14(26)12-13(23-18(30)33-20(4,5)6)15(27)24-21(7,8)16(28)25-22(9,10)17(29)31-11/h13H,12H2,1-11H3,(H,23,30)(H,24,27)(H,25,28)/t13-/m0/s1. The summed E-state index contributed by atoms with van der Waals surface area (Å²) in [7, 11) is 1.19. The highest BCUT2D eigenvalue weighted by Crippen LogP contribution is 2.13. The highest BCUT2D eigenvalue weighted by molar-refractivity contribution is 5.97. The summed E-state index contributed by atoms with van der Waals surface area (Å²) in [6.07, 6.45) is -1.41. The van der Waals surface area contributed by atoms with Gasteiger partial charge in [-0.1, -0.05) is 0 Å². The van der Waals surface area contributed by atoms with Crippen LogP contribution in [0.5, 0.6) is 0 Å². The van der Waals surface area contributed by atoms with Crippen molar-refractivity contribution in [3.8, 4) is 0 Å². The number of nitrogens with one attached hydrogen (secondary N) is 3. The molecule has 0 radical (unpaired) electrons. The molecular weight excluding hydrogens is 434 g/mol. The molecule has 0 aliphatic heterocycles. The number of hydrogen-bond donors (Lipinski definition) is 3. The molecule has 0 aromatic heterocycles. The van der Waals surface area contributed by atoms with E-state index < -0.39 is 64.6 Å². The van der Waals surface area contributed by atoms with Gasteiger partial charge in [0.15, 0.2) is 0 Å².